The van der Waals surface area contributed by atoms with Crippen LogP contribution in [0.2, 0.25) is 0 Å². The lowest BCUT2D eigenvalue weighted by Gasteiger charge is -2.12. The van der Waals surface area contributed by atoms with Crippen molar-refractivity contribution in [2.45, 2.75) is 20.0 Å². The van der Waals surface area contributed by atoms with Crippen molar-refractivity contribution in [1.82, 2.24) is 9.78 Å². The predicted octanol–water partition coefficient (Wildman–Crippen LogP) is 4.52. The molecule has 126 valence electrons. The molecule has 2 heterocycles. The van der Waals surface area contributed by atoms with Gasteiger partial charge in [-0.05, 0) is 37.6 Å². The van der Waals surface area contributed by atoms with Crippen LogP contribution >= 0.6 is 11.3 Å². The molecule has 0 bridgehead atoms. The fourth-order valence-electron chi connectivity index (χ4n) is 2.52. The second-order valence-electron chi connectivity index (χ2n) is 5.52. The van der Waals surface area contributed by atoms with Gasteiger partial charge < -0.3 is 5.32 Å². The standard InChI is InChI=1S/C16H14F3N3OS/c1-8-4-5-10(6-12(8)16(17,18)19)20-14(23)13-7-11-9(2)21-22(3)15(11)24-13/h4-7H,1-3H3,(H,20,23). The van der Waals surface area contributed by atoms with E-state index in [0.717, 1.165) is 22.0 Å². The van der Waals surface area contributed by atoms with Gasteiger partial charge in [0.25, 0.3) is 5.91 Å². The Balaban J connectivity index is 1.90. The van der Waals surface area contributed by atoms with Gasteiger partial charge in [0.05, 0.1) is 16.1 Å². The summed E-state index contributed by atoms with van der Waals surface area (Å²) in [5.74, 6) is -0.437. The molecule has 3 aromatic rings. The van der Waals surface area contributed by atoms with E-state index in [1.165, 1.54) is 30.4 Å². The molecule has 0 aliphatic rings. The number of hydrogen-bond donors (Lipinski definition) is 1. The molecule has 1 aromatic carbocycles. The van der Waals surface area contributed by atoms with Gasteiger partial charge in [0.2, 0.25) is 0 Å². The summed E-state index contributed by atoms with van der Waals surface area (Å²) in [5.41, 5.74) is 0.281. The molecular formula is C16H14F3N3OS. The molecule has 0 spiro atoms. The summed E-state index contributed by atoms with van der Waals surface area (Å²) in [6.07, 6.45) is -4.45. The molecule has 1 N–H and O–H groups in total. The van der Waals surface area contributed by atoms with Crippen LogP contribution in [0.25, 0.3) is 10.2 Å². The van der Waals surface area contributed by atoms with Crippen molar-refractivity contribution in [3.8, 4) is 0 Å². The van der Waals surface area contributed by atoms with Crippen LogP contribution in [-0.4, -0.2) is 15.7 Å². The maximum atomic E-state index is 13.0. The third-order valence-corrected chi connectivity index (χ3v) is 4.92. The quantitative estimate of drug-likeness (QED) is 0.736. The number of aryl methyl sites for hydroxylation is 3. The number of benzene rings is 1. The van der Waals surface area contributed by atoms with E-state index >= 15 is 0 Å². The zero-order valence-electron chi connectivity index (χ0n) is 13.2. The highest BCUT2D eigenvalue weighted by atomic mass is 32.1. The fourth-order valence-corrected chi connectivity index (χ4v) is 3.53. The van der Waals surface area contributed by atoms with Gasteiger partial charge in [0, 0.05) is 18.1 Å². The van der Waals surface area contributed by atoms with Crippen LogP contribution in [0.15, 0.2) is 24.3 Å². The number of thiophene rings is 1. The van der Waals surface area contributed by atoms with Crippen molar-refractivity contribution in [2.75, 3.05) is 5.32 Å². The van der Waals surface area contributed by atoms with Gasteiger partial charge in [-0.15, -0.1) is 11.3 Å². The summed E-state index contributed by atoms with van der Waals surface area (Å²) in [6.45, 7) is 3.22. The number of amides is 1. The average Bonchev–Trinajstić information content (AvgIpc) is 3.02. The van der Waals surface area contributed by atoms with Crippen LogP contribution in [0.1, 0.15) is 26.5 Å². The van der Waals surface area contributed by atoms with Crippen molar-refractivity contribution in [3.05, 3.63) is 46.0 Å². The van der Waals surface area contributed by atoms with Crippen molar-refractivity contribution < 1.29 is 18.0 Å². The molecule has 0 atom stereocenters. The summed E-state index contributed by atoms with van der Waals surface area (Å²) in [4.78, 5) is 13.6. The SMILES string of the molecule is Cc1ccc(NC(=O)c2cc3c(C)nn(C)c3s2)cc1C(F)(F)F. The summed E-state index contributed by atoms with van der Waals surface area (Å²) >= 11 is 1.25. The molecular weight excluding hydrogens is 339 g/mol. The van der Waals surface area contributed by atoms with Crippen LogP contribution in [-0.2, 0) is 13.2 Å². The van der Waals surface area contributed by atoms with Gasteiger partial charge in [-0.3, -0.25) is 9.48 Å². The average molecular weight is 353 g/mol. The second kappa shape index (κ2) is 5.62. The summed E-state index contributed by atoms with van der Waals surface area (Å²) in [5, 5.41) is 7.65. The Morgan fingerprint density at radius 1 is 1.25 bits per heavy atom. The number of rotatable bonds is 2. The number of fused-ring (bicyclic) bond motifs is 1. The fraction of sp³-hybridized carbons (Fsp3) is 0.250. The molecule has 8 heteroatoms. The van der Waals surface area contributed by atoms with Crippen LogP contribution in [0.5, 0.6) is 0 Å². The lowest BCUT2D eigenvalue weighted by Crippen LogP contribution is -2.13. The zero-order chi connectivity index (χ0) is 17.6. The van der Waals surface area contributed by atoms with Gasteiger partial charge in [0.15, 0.2) is 0 Å². The highest BCUT2D eigenvalue weighted by Gasteiger charge is 2.32. The molecule has 0 saturated carbocycles. The van der Waals surface area contributed by atoms with Crippen molar-refractivity contribution in [1.29, 1.82) is 0 Å². The minimum atomic E-state index is -4.45. The molecule has 24 heavy (non-hydrogen) atoms. The first-order valence-corrected chi connectivity index (χ1v) is 7.91. The number of nitrogens with one attached hydrogen (secondary N) is 1. The maximum Gasteiger partial charge on any atom is 0.416 e. The molecule has 0 aliphatic carbocycles. The van der Waals surface area contributed by atoms with Gasteiger partial charge in [-0.1, -0.05) is 6.07 Å². The third-order valence-electron chi connectivity index (χ3n) is 3.72. The first-order valence-electron chi connectivity index (χ1n) is 7.09. The van der Waals surface area contributed by atoms with Crippen molar-refractivity contribution in [3.63, 3.8) is 0 Å². The lowest BCUT2D eigenvalue weighted by atomic mass is 10.1. The van der Waals surface area contributed by atoms with Crippen LogP contribution in [0.3, 0.4) is 0 Å². The normalized spacial score (nSPS) is 11.9. The van der Waals surface area contributed by atoms with Gasteiger partial charge in [-0.25, -0.2) is 0 Å². The Hall–Kier alpha value is -2.35. The summed E-state index contributed by atoms with van der Waals surface area (Å²) in [7, 11) is 1.78. The van der Waals surface area contributed by atoms with E-state index in [2.05, 4.69) is 10.4 Å². The molecule has 2 aromatic heterocycles. The number of nitrogens with zero attached hydrogens (tertiary/aromatic N) is 2. The zero-order valence-corrected chi connectivity index (χ0v) is 14.0. The smallest absolute Gasteiger partial charge is 0.321 e. The first-order chi connectivity index (χ1) is 11.2. The van der Waals surface area contributed by atoms with E-state index in [4.69, 9.17) is 0 Å². The Morgan fingerprint density at radius 3 is 2.58 bits per heavy atom. The molecule has 0 unspecified atom stereocenters. The Labute approximate surface area is 139 Å². The van der Waals surface area contributed by atoms with E-state index in [1.807, 2.05) is 6.92 Å². The number of anilines is 1. The van der Waals surface area contributed by atoms with E-state index in [9.17, 15) is 18.0 Å². The molecule has 0 fully saturated rings. The molecule has 0 saturated heterocycles. The second-order valence-corrected chi connectivity index (χ2v) is 6.55. The minimum Gasteiger partial charge on any atom is -0.321 e. The van der Waals surface area contributed by atoms with Crippen LogP contribution in [0.4, 0.5) is 18.9 Å². The van der Waals surface area contributed by atoms with Gasteiger partial charge >= 0.3 is 6.18 Å². The monoisotopic (exact) mass is 353 g/mol. The van der Waals surface area contributed by atoms with E-state index in [-0.39, 0.29) is 11.3 Å². The summed E-state index contributed by atoms with van der Waals surface area (Å²) in [6, 6.07) is 5.46. The molecule has 4 nitrogen and oxygen atoms in total. The number of hydrogen-bond acceptors (Lipinski definition) is 3. The minimum absolute atomic E-state index is 0.115. The molecule has 0 radical (unpaired) electrons. The number of carbonyl (C=O) groups is 1. The van der Waals surface area contributed by atoms with E-state index in [0.29, 0.717) is 4.88 Å². The van der Waals surface area contributed by atoms with Crippen LogP contribution in [0, 0.1) is 13.8 Å². The highest BCUT2D eigenvalue weighted by molar-refractivity contribution is 7.20. The maximum absolute atomic E-state index is 13.0. The Morgan fingerprint density at radius 2 is 1.96 bits per heavy atom. The number of carbonyl (C=O) groups excluding carboxylic acids is 1. The molecule has 1 amide bonds. The number of halogens is 3. The third kappa shape index (κ3) is 2.89. The Bertz CT molecular complexity index is 906. The molecule has 3 rings (SSSR count). The largest absolute Gasteiger partial charge is 0.416 e. The van der Waals surface area contributed by atoms with Crippen LogP contribution < -0.4 is 5.32 Å². The van der Waals surface area contributed by atoms with Crippen molar-refractivity contribution in [2.24, 2.45) is 7.05 Å². The topological polar surface area (TPSA) is 46.9 Å². The van der Waals surface area contributed by atoms with E-state index < -0.39 is 17.6 Å². The highest BCUT2D eigenvalue weighted by Crippen LogP contribution is 2.34. The Kier molecular flexibility index (Phi) is 3.87. The van der Waals surface area contributed by atoms with Gasteiger partial charge in [0.1, 0.15) is 4.83 Å². The number of alkyl halides is 3. The van der Waals surface area contributed by atoms with Crippen molar-refractivity contribution >= 4 is 33.1 Å². The van der Waals surface area contributed by atoms with E-state index in [1.54, 1.807) is 17.8 Å². The number of aromatic nitrogens is 2. The summed E-state index contributed by atoms with van der Waals surface area (Å²) < 4.78 is 40.5. The predicted molar refractivity (Wildman–Crippen MR) is 87.5 cm³/mol. The first kappa shape index (κ1) is 16.5. The molecule has 0 aliphatic heterocycles. The van der Waals surface area contributed by atoms with Gasteiger partial charge in [-0.2, -0.15) is 18.3 Å². The lowest BCUT2D eigenvalue weighted by molar-refractivity contribution is -0.138.